The van der Waals surface area contributed by atoms with Gasteiger partial charge in [0.15, 0.2) is 0 Å². The molecule has 0 aliphatic carbocycles. The number of ether oxygens (including phenoxy) is 1. The number of methoxy groups -OCH3 is 1. The third-order valence-electron chi connectivity index (χ3n) is 3.10. The van der Waals surface area contributed by atoms with Gasteiger partial charge in [0, 0.05) is 16.6 Å². The van der Waals surface area contributed by atoms with Crippen LogP contribution in [0.4, 0.5) is 5.69 Å². The molecule has 0 bridgehead atoms. The summed E-state index contributed by atoms with van der Waals surface area (Å²) in [6, 6.07) is 8.71. The van der Waals surface area contributed by atoms with Crippen molar-refractivity contribution in [1.82, 2.24) is 4.57 Å². The standard InChI is InChI=1S/C15H17ClN2O2/c1-9(2)18-13(6-5-12(17)15(18)19)11-8-10(16)4-7-14(11)20-3/h4-9H,17H2,1-3H3. The zero-order valence-electron chi connectivity index (χ0n) is 11.7. The van der Waals surface area contributed by atoms with Crippen LogP contribution >= 0.6 is 11.6 Å². The van der Waals surface area contributed by atoms with Gasteiger partial charge in [-0.15, -0.1) is 0 Å². The molecule has 0 spiro atoms. The Morgan fingerprint density at radius 2 is 1.95 bits per heavy atom. The van der Waals surface area contributed by atoms with Gasteiger partial charge in [0.2, 0.25) is 0 Å². The lowest BCUT2D eigenvalue weighted by Gasteiger charge is -2.19. The summed E-state index contributed by atoms with van der Waals surface area (Å²) in [5, 5.41) is 0.584. The van der Waals surface area contributed by atoms with E-state index in [0.29, 0.717) is 10.8 Å². The number of nitrogens with two attached hydrogens (primary N) is 1. The summed E-state index contributed by atoms with van der Waals surface area (Å²) < 4.78 is 7.00. The summed E-state index contributed by atoms with van der Waals surface area (Å²) in [5.74, 6) is 0.660. The second-order valence-corrected chi connectivity index (χ2v) is 5.22. The zero-order chi connectivity index (χ0) is 14.9. The summed E-state index contributed by atoms with van der Waals surface area (Å²) in [4.78, 5) is 12.3. The van der Waals surface area contributed by atoms with Crippen LogP contribution in [-0.2, 0) is 0 Å². The van der Waals surface area contributed by atoms with Crippen molar-refractivity contribution in [2.75, 3.05) is 12.8 Å². The van der Waals surface area contributed by atoms with Crippen molar-refractivity contribution in [2.45, 2.75) is 19.9 Å². The molecular weight excluding hydrogens is 276 g/mol. The summed E-state index contributed by atoms with van der Waals surface area (Å²) in [5.41, 5.74) is 7.24. The van der Waals surface area contributed by atoms with Crippen molar-refractivity contribution in [2.24, 2.45) is 0 Å². The Labute approximate surface area is 122 Å². The molecule has 0 atom stereocenters. The molecule has 5 heteroatoms. The van der Waals surface area contributed by atoms with E-state index < -0.39 is 0 Å². The fourth-order valence-corrected chi connectivity index (χ4v) is 2.35. The highest BCUT2D eigenvalue weighted by molar-refractivity contribution is 6.30. The van der Waals surface area contributed by atoms with Crippen molar-refractivity contribution in [3.63, 3.8) is 0 Å². The Kier molecular flexibility index (Phi) is 4.04. The lowest BCUT2D eigenvalue weighted by atomic mass is 10.1. The van der Waals surface area contributed by atoms with Gasteiger partial charge in [-0.3, -0.25) is 4.79 Å². The zero-order valence-corrected chi connectivity index (χ0v) is 12.4. The predicted molar refractivity (Wildman–Crippen MR) is 82.5 cm³/mol. The molecule has 0 saturated carbocycles. The average Bonchev–Trinajstić information content (AvgIpc) is 2.41. The third-order valence-corrected chi connectivity index (χ3v) is 3.34. The van der Waals surface area contributed by atoms with Crippen LogP contribution in [0, 0.1) is 0 Å². The number of nitrogens with zero attached hydrogens (tertiary/aromatic N) is 1. The first kappa shape index (κ1) is 14.5. The van der Waals surface area contributed by atoms with E-state index in [1.807, 2.05) is 19.9 Å². The van der Waals surface area contributed by atoms with Crippen LogP contribution < -0.4 is 16.0 Å². The van der Waals surface area contributed by atoms with Crippen LogP contribution in [-0.4, -0.2) is 11.7 Å². The van der Waals surface area contributed by atoms with Crippen LogP contribution in [0.15, 0.2) is 35.1 Å². The highest BCUT2D eigenvalue weighted by Gasteiger charge is 2.15. The van der Waals surface area contributed by atoms with Gasteiger partial charge in [0.1, 0.15) is 5.75 Å². The van der Waals surface area contributed by atoms with E-state index in [0.717, 1.165) is 11.3 Å². The Morgan fingerprint density at radius 1 is 1.25 bits per heavy atom. The lowest BCUT2D eigenvalue weighted by Crippen LogP contribution is -2.25. The van der Waals surface area contributed by atoms with Crippen molar-refractivity contribution in [3.8, 4) is 17.0 Å². The normalized spacial score (nSPS) is 10.8. The van der Waals surface area contributed by atoms with Gasteiger partial charge >= 0.3 is 0 Å². The number of hydrogen-bond donors (Lipinski definition) is 1. The second kappa shape index (κ2) is 5.59. The fourth-order valence-electron chi connectivity index (χ4n) is 2.18. The molecule has 106 valence electrons. The van der Waals surface area contributed by atoms with E-state index in [1.54, 1.807) is 35.9 Å². The van der Waals surface area contributed by atoms with Crippen molar-refractivity contribution in [1.29, 1.82) is 0 Å². The monoisotopic (exact) mass is 292 g/mol. The van der Waals surface area contributed by atoms with Gasteiger partial charge in [-0.25, -0.2) is 0 Å². The Morgan fingerprint density at radius 3 is 2.55 bits per heavy atom. The number of nitrogen functional groups attached to an aromatic ring is 1. The second-order valence-electron chi connectivity index (χ2n) is 4.79. The number of aromatic nitrogens is 1. The van der Waals surface area contributed by atoms with Crippen LogP contribution in [0.2, 0.25) is 5.02 Å². The Hall–Kier alpha value is -1.94. The topological polar surface area (TPSA) is 57.2 Å². The number of pyridine rings is 1. The number of rotatable bonds is 3. The SMILES string of the molecule is COc1ccc(Cl)cc1-c1ccc(N)c(=O)n1C(C)C. The number of benzene rings is 1. The van der Waals surface area contributed by atoms with Crippen LogP contribution in [0.1, 0.15) is 19.9 Å². The highest BCUT2D eigenvalue weighted by atomic mass is 35.5. The molecule has 1 aromatic heterocycles. The number of anilines is 1. The summed E-state index contributed by atoms with van der Waals surface area (Å²) in [6.45, 7) is 3.86. The molecule has 1 heterocycles. The van der Waals surface area contributed by atoms with E-state index in [4.69, 9.17) is 22.1 Å². The Bertz CT molecular complexity index is 693. The molecule has 0 amide bonds. The van der Waals surface area contributed by atoms with E-state index in [1.165, 1.54) is 0 Å². The molecule has 1 aromatic carbocycles. The van der Waals surface area contributed by atoms with Crippen molar-refractivity contribution in [3.05, 3.63) is 45.7 Å². The molecule has 0 radical (unpaired) electrons. The molecule has 0 unspecified atom stereocenters. The Balaban J connectivity index is 2.79. The maximum absolute atomic E-state index is 12.3. The van der Waals surface area contributed by atoms with E-state index in [2.05, 4.69) is 0 Å². The van der Waals surface area contributed by atoms with Crippen molar-refractivity contribution >= 4 is 17.3 Å². The third kappa shape index (κ3) is 2.51. The summed E-state index contributed by atoms with van der Waals surface area (Å²) in [6.07, 6.45) is 0. The maximum atomic E-state index is 12.3. The average molecular weight is 293 g/mol. The minimum Gasteiger partial charge on any atom is -0.496 e. The summed E-state index contributed by atoms with van der Waals surface area (Å²) >= 11 is 6.06. The molecule has 0 saturated heterocycles. The maximum Gasteiger partial charge on any atom is 0.274 e. The molecule has 0 aliphatic heterocycles. The molecule has 2 rings (SSSR count). The lowest BCUT2D eigenvalue weighted by molar-refractivity contribution is 0.415. The van der Waals surface area contributed by atoms with Crippen LogP contribution in [0.5, 0.6) is 5.75 Å². The first-order valence-corrected chi connectivity index (χ1v) is 6.68. The van der Waals surface area contributed by atoms with Gasteiger partial charge < -0.3 is 15.0 Å². The first-order valence-electron chi connectivity index (χ1n) is 6.30. The molecule has 2 aromatic rings. The molecule has 20 heavy (non-hydrogen) atoms. The predicted octanol–water partition coefficient (Wildman–Crippen LogP) is 3.34. The van der Waals surface area contributed by atoms with E-state index in [-0.39, 0.29) is 17.3 Å². The molecular formula is C15H17ClN2O2. The molecule has 0 fully saturated rings. The van der Waals surface area contributed by atoms with Gasteiger partial charge in [0.25, 0.3) is 5.56 Å². The number of hydrogen-bond acceptors (Lipinski definition) is 3. The molecule has 2 N–H and O–H groups in total. The van der Waals surface area contributed by atoms with Crippen molar-refractivity contribution < 1.29 is 4.74 Å². The van der Waals surface area contributed by atoms with Crippen LogP contribution in [0.3, 0.4) is 0 Å². The quantitative estimate of drug-likeness (QED) is 0.944. The van der Waals surface area contributed by atoms with E-state index in [9.17, 15) is 4.79 Å². The first-order chi connectivity index (χ1) is 9.45. The largest absolute Gasteiger partial charge is 0.496 e. The van der Waals surface area contributed by atoms with Gasteiger partial charge in [0.05, 0.1) is 18.5 Å². The number of halogens is 1. The van der Waals surface area contributed by atoms with Gasteiger partial charge in [-0.1, -0.05) is 11.6 Å². The fraction of sp³-hybridized carbons (Fsp3) is 0.267. The van der Waals surface area contributed by atoms with Gasteiger partial charge in [-0.05, 0) is 44.2 Å². The molecule has 4 nitrogen and oxygen atoms in total. The van der Waals surface area contributed by atoms with Crippen LogP contribution in [0.25, 0.3) is 11.3 Å². The minimum atomic E-state index is -0.209. The van der Waals surface area contributed by atoms with Gasteiger partial charge in [-0.2, -0.15) is 0 Å². The minimum absolute atomic E-state index is 0.0234. The molecule has 0 aliphatic rings. The summed E-state index contributed by atoms with van der Waals surface area (Å²) in [7, 11) is 1.59. The highest BCUT2D eigenvalue weighted by Crippen LogP contribution is 2.33. The van der Waals surface area contributed by atoms with E-state index >= 15 is 0 Å². The smallest absolute Gasteiger partial charge is 0.274 e.